The highest BCUT2D eigenvalue weighted by atomic mass is 19.1. The highest BCUT2D eigenvalue weighted by Crippen LogP contribution is 2.26. The zero-order chi connectivity index (χ0) is 27.9. The summed E-state index contributed by atoms with van der Waals surface area (Å²) in [4.78, 5) is 55.8. The molecule has 39 heavy (non-hydrogen) atoms. The number of ether oxygens (including phenoxy) is 1. The van der Waals surface area contributed by atoms with Crippen LogP contribution in [0.5, 0.6) is 5.75 Å². The van der Waals surface area contributed by atoms with Gasteiger partial charge in [0.1, 0.15) is 16.9 Å². The molecule has 1 saturated heterocycles. The number of methoxy groups -OCH3 is 1. The normalized spacial score (nSPS) is 13.1. The van der Waals surface area contributed by atoms with Crippen LogP contribution in [0.4, 0.5) is 9.18 Å². The van der Waals surface area contributed by atoms with E-state index in [0.717, 1.165) is 12.0 Å². The maximum absolute atomic E-state index is 13.5. The summed E-state index contributed by atoms with van der Waals surface area (Å²) in [6, 6.07) is 7.63. The number of carbonyl (C=O) groups is 3. The lowest BCUT2D eigenvalue weighted by Gasteiger charge is -2.17. The van der Waals surface area contributed by atoms with Gasteiger partial charge < -0.3 is 29.9 Å². The number of aromatic nitrogens is 2. The molecule has 3 N–H and O–H groups in total. The first-order valence-electron chi connectivity index (χ1n) is 12.6. The molecule has 12 heteroatoms. The van der Waals surface area contributed by atoms with E-state index in [0.29, 0.717) is 37.9 Å². The van der Waals surface area contributed by atoms with Crippen LogP contribution in [0, 0.1) is 5.82 Å². The van der Waals surface area contributed by atoms with E-state index in [9.17, 15) is 28.7 Å². The van der Waals surface area contributed by atoms with Crippen molar-refractivity contribution in [3.05, 3.63) is 69.4 Å². The fourth-order valence-corrected chi connectivity index (χ4v) is 4.55. The average molecular weight is 540 g/mol. The van der Waals surface area contributed by atoms with Crippen molar-refractivity contribution >= 4 is 28.9 Å². The molecule has 3 aromatic rings. The topological polar surface area (TPSA) is 143 Å². The van der Waals surface area contributed by atoms with Gasteiger partial charge in [-0.1, -0.05) is 12.1 Å². The maximum atomic E-state index is 13.5. The van der Waals surface area contributed by atoms with Crippen LogP contribution >= 0.6 is 0 Å². The zero-order valence-electron chi connectivity index (χ0n) is 21.5. The quantitative estimate of drug-likeness (QED) is 0.334. The number of hydrogen-bond donors (Lipinski definition) is 3. The van der Waals surface area contributed by atoms with Gasteiger partial charge in [-0.3, -0.25) is 19.4 Å². The van der Waals surface area contributed by atoms with Gasteiger partial charge in [0, 0.05) is 45.3 Å². The Bertz CT molecular complexity index is 1440. The molecular weight excluding hydrogens is 509 g/mol. The molecular formula is C27H30FN5O6. The molecule has 2 aromatic heterocycles. The van der Waals surface area contributed by atoms with Crippen molar-refractivity contribution < 1.29 is 28.6 Å². The molecule has 1 aromatic carbocycles. The minimum atomic E-state index is -0.765. The first kappa shape index (κ1) is 27.6. The summed E-state index contributed by atoms with van der Waals surface area (Å²) in [5, 5.41) is 16.1. The number of likely N-dealkylation sites (tertiary alicyclic amines) is 1. The second-order valence-electron chi connectivity index (χ2n) is 9.21. The lowest BCUT2D eigenvalue weighted by Crippen LogP contribution is -2.37. The van der Waals surface area contributed by atoms with Crippen molar-refractivity contribution in [2.75, 3.05) is 33.3 Å². The van der Waals surface area contributed by atoms with Gasteiger partial charge in [0.2, 0.25) is 5.91 Å². The minimum Gasteiger partial charge on any atom is -0.505 e. The molecule has 0 saturated carbocycles. The van der Waals surface area contributed by atoms with Gasteiger partial charge in [-0.05, 0) is 48.6 Å². The Balaban J connectivity index is 1.61. The Kier molecular flexibility index (Phi) is 8.74. The number of carbonyl (C=O) groups excluding carboxylic acids is 3. The van der Waals surface area contributed by atoms with Crippen molar-refractivity contribution in [1.29, 1.82) is 0 Å². The number of aromatic hydroxyl groups is 1. The van der Waals surface area contributed by atoms with Gasteiger partial charge in [0.15, 0.2) is 5.75 Å². The van der Waals surface area contributed by atoms with E-state index >= 15 is 0 Å². The predicted molar refractivity (Wildman–Crippen MR) is 140 cm³/mol. The molecule has 0 spiro atoms. The fourth-order valence-electron chi connectivity index (χ4n) is 4.55. The molecule has 0 atom stereocenters. The van der Waals surface area contributed by atoms with Gasteiger partial charge in [0.25, 0.3) is 11.5 Å². The SMILES string of the molecule is COC(=O)NCCn1c(=O)c(C(=O)NCCCN2CCCC2=O)c(O)c2ncc(Cc3ccc(F)cc3)cc21. The third-order valence-electron chi connectivity index (χ3n) is 6.54. The van der Waals surface area contributed by atoms with Crippen LogP contribution in [0.25, 0.3) is 11.0 Å². The van der Waals surface area contributed by atoms with Crippen LogP contribution in [0.2, 0.25) is 0 Å². The van der Waals surface area contributed by atoms with Gasteiger partial charge in [-0.15, -0.1) is 0 Å². The number of alkyl carbamates (subject to hydrolysis) is 1. The molecule has 3 heterocycles. The number of benzene rings is 1. The molecule has 0 aliphatic carbocycles. The van der Waals surface area contributed by atoms with E-state index in [4.69, 9.17) is 0 Å². The molecule has 0 radical (unpaired) electrons. The second kappa shape index (κ2) is 12.4. The standard InChI is InChI=1S/C27H30FN5O6/c1-39-27(38)30-10-13-33-20-15-18(14-17-5-7-19(28)8-6-17)16-31-23(20)24(35)22(26(33)37)25(36)29-9-3-12-32-11-2-4-21(32)34/h5-8,15-16,35H,2-4,9-14H2,1H3,(H,29,36)(H,30,38). The molecule has 1 fully saturated rings. The first-order chi connectivity index (χ1) is 18.8. The van der Waals surface area contributed by atoms with Crippen LogP contribution in [0.3, 0.4) is 0 Å². The van der Waals surface area contributed by atoms with Crippen LogP contribution in [0.1, 0.15) is 40.7 Å². The highest BCUT2D eigenvalue weighted by molar-refractivity contribution is 6.01. The number of nitrogens with one attached hydrogen (secondary N) is 2. The molecule has 0 unspecified atom stereocenters. The Hall–Kier alpha value is -4.48. The summed E-state index contributed by atoms with van der Waals surface area (Å²) < 4.78 is 19.1. The van der Waals surface area contributed by atoms with Gasteiger partial charge in [0.05, 0.1) is 12.6 Å². The lowest BCUT2D eigenvalue weighted by atomic mass is 10.1. The Morgan fingerprint density at radius 1 is 1.10 bits per heavy atom. The zero-order valence-corrected chi connectivity index (χ0v) is 21.5. The molecule has 4 rings (SSSR count). The third-order valence-corrected chi connectivity index (χ3v) is 6.54. The third kappa shape index (κ3) is 6.51. The number of amides is 3. The van der Waals surface area contributed by atoms with E-state index < -0.39 is 28.9 Å². The van der Waals surface area contributed by atoms with Crippen LogP contribution < -0.4 is 16.2 Å². The monoisotopic (exact) mass is 539 g/mol. The number of rotatable bonds is 10. The fraction of sp³-hybridized carbons (Fsp3) is 0.370. The maximum Gasteiger partial charge on any atom is 0.406 e. The predicted octanol–water partition coefficient (Wildman–Crippen LogP) is 1.93. The Morgan fingerprint density at radius 3 is 2.56 bits per heavy atom. The number of fused-ring (bicyclic) bond motifs is 1. The summed E-state index contributed by atoms with van der Waals surface area (Å²) >= 11 is 0. The van der Waals surface area contributed by atoms with Crippen molar-refractivity contribution in [3.8, 4) is 5.75 Å². The summed E-state index contributed by atoms with van der Waals surface area (Å²) in [6.07, 6.45) is 3.06. The van der Waals surface area contributed by atoms with E-state index in [1.807, 2.05) is 0 Å². The summed E-state index contributed by atoms with van der Waals surface area (Å²) in [7, 11) is 1.21. The van der Waals surface area contributed by atoms with Gasteiger partial charge in [-0.2, -0.15) is 0 Å². The summed E-state index contributed by atoms with van der Waals surface area (Å²) in [6.45, 7) is 1.37. The largest absolute Gasteiger partial charge is 0.505 e. The highest BCUT2D eigenvalue weighted by Gasteiger charge is 2.24. The number of pyridine rings is 2. The van der Waals surface area contributed by atoms with E-state index in [1.54, 1.807) is 23.1 Å². The van der Waals surface area contributed by atoms with Crippen LogP contribution in [0.15, 0.2) is 41.3 Å². The van der Waals surface area contributed by atoms with Crippen molar-refractivity contribution in [2.45, 2.75) is 32.2 Å². The van der Waals surface area contributed by atoms with Gasteiger partial charge in [-0.25, -0.2) is 9.18 Å². The lowest BCUT2D eigenvalue weighted by molar-refractivity contribution is -0.127. The number of halogens is 1. The Labute approximate surface area is 223 Å². The molecule has 11 nitrogen and oxygen atoms in total. The summed E-state index contributed by atoms with van der Waals surface area (Å²) in [5.74, 6) is -1.59. The number of nitrogens with zero attached hydrogens (tertiary/aromatic N) is 3. The molecule has 1 aliphatic rings. The molecule has 206 valence electrons. The van der Waals surface area contributed by atoms with Crippen molar-refractivity contribution in [3.63, 3.8) is 0 Å². The van der Waals surface area contributed by atoms with Crippen molar-refractivity contribution in [1.82, 2.24) is 25.1 Å². The average Bonchev–Trinajstić information content (AvgIpc) is 3.34. The number of hydrogen-bond acceptors (Lipinski definition) is 7. The Morgan fingerprint density at radius 2 is 1.87 bits per heavy atom. The first-order valence-corrected chi connectivity index (χ1v) is 12.6. The van der Waals surface area contributed by atoms with Crippen LogP contribution in [-0.4, -0.2) is 70.8 Å². The molecule has 3 amide bonds. The van der Waals surface area contributed by atoms with Gasteiger partial charge >= 0.3 is 6.09 Å². The molecule has 1 aliphatic heterocycles. The smallest absolute Gasteiger partial charge is 0.406 e. The van der Waals surface area contributed by atoms with E-state index in [1.165, 1.54) is 30.0 Å². The molecule has 0 bridgehead atoms. The summed E-state index contributed by atoms with van der Waals surface area (Å²) in [5.41, 5.74) is 0.610. The van der Waals surface area contributed by atoms with E-state index in [2.05, 4.69) is 20.4 Å². The van der Waals surface area contributed by atoms with E-state index in [-0.39, 0.29) is 42.4 Å². The van der Waals surface area contributed by atoms with Crippen LogP contribution in [-0.2, 0) is 22.5 Å². The minimum absolute atomic E-state index is 0.0135. The second-order valence-corrected chi connectivity index (χ2v) is 9.21. The van der Waals surface area contributed by atoms with Crippen molar-refractivity contribution in [2.24, 2.45) is 0 Å².